The van der Waals surface area contributed by atoms with Crippen molar-refractivity contribution in [3.05, 3.63) is 54.4 Å². The molecule has 1 aliphatic heterocycles. The number of carbonyl (C=O) groups is 2. The summed E-state index contributed by atoms with van der Waals surface area (Å²) in [6.07, 6.45) is 6.77. The van der Waals surface area contributed by atoms with Crippen LogP contribution in [0.4, 0.5) is 0 Å². The number of hydrogen-bond donors (Lipinski definition) is 1. The number of nitrogens with one attached hydrogen (secondary N) is 1. The van der Waals surface area contributed by atoms with Gasteiger partial charge in [-0.05, 0) is 49.2 Å². The normalized spacial score (nSPS) is 20.4. The van der Waals surface area contributed by atoms with Gasteiger partial charge in [0, 0.05) is 55.1 Å². The molecule has 0 bridgehead atoms. The fraction of sp³-hybridized carbons (Fsp3) is 0.368. The monoisotopic (exact) mass is 323 g/mol. The van der Waals surface area contributed by atoms with Crippen molar-refractivity contribution in [2.75, 3.05) is 13.1 Å². The number of likely N-dealkylation sites (tertiary alicyclic amines) is 1. The third kappa shape index (κ3) is 3.07. The second kappa shape index (κ2) is 6.15. The van der Waals surface area contributed by atoms with Crippen molar-refractivity contribution in [3.63, 3.8) is 0 Å². The van der Waals surface area contributed by atoms with Gasteiger partial charge >= 0.3 is 0 Å². The number of aromatic nitrogens is 1. The Morgan fingerprint density at radius 2 is 1.83 bits per heavy atom. The number of rotatable bonds is 5. The third-order valence-electron chi connectivity index (χ3n) is 4.81. The molecule has 5 heteroatoms. The van der Waals surface area contributed by atoms with Crippen LogP contribution in [0, 0.1) is 5.92 Å². The largest absolute Gasteiger partial charge is 0.352 e. The molecule has 5 nitrogen and oxygen atoms in total. The molecule has 1 unspecified atom stereocenters. The van der Waals surface area contributed by atoms with E-state index in [1.54, 1.807) is 0 Å². The lowest BCUT2D eigenvalue weighted by Crippen LogP contribution is -2.32. The molecule has 124 valence electrons. The van der Waals surface area contributed by atoms with Crippen molar-refractivity contribution in [1.82, 2.24) is 14.8 Å². The fourth-order valence-corrected chi connectivity index (χ4v) is 3.32. The zero-order chi connectivity index (χ0) is 16.5. The van der Waals surface area contributed by atoms with Gasteiger partial charge in [0.1, 0.15) is 0 Å². The summed E-state index contributed by atoms with van der Waals surface area (Å²) in [4.78, 5) is 26.2. The fourth-order valence-electron chi connectivity index (χ4n) is 3.32. The van der Waals surface area contributed by atoms with Crippen LogP contribution in [0.3, 0.4) is 0 Å². The number of hydrogen-bond acceptors (Lipinski definition) is 2. The van der Waals surface area contributed by atoms with Gasteiger partial charge in [-0.1, -0.05) is 0 Å². The lowest BCUT2D eigenvalue weighted by atomic mass is 10.1. The summed E-state index contributed by atoms with van der Waals surface area (Å²) in [6, 6.07) is 11.9. The summed E-state index contributed by atoms with van der Waals surface area (Å²) in [5.74, 6) is 0.403. The van der Waals surface area contributed by atoms with Gasteiger partial charge < -0.3 is 14.8 Å². The zero-order valence-corrected chi connectivity index (χ0v) is 13.5. The van der Waals surface area contributed by atoms with E-state index >= 15 is 0 Å². The van der Waals surface area contributed by atoms with Crippen molar-refractivity contribution in [2.45, 2.75) is 25.3 Å². The smallest absolute Gasteiger partial charge is 0.251 e. The summed E-state index contributed by atoms with van der Waals surface area (Å²) in [7, 11) is 0. The van der Waals surface area contributed by atoms with E-state index < -0.39 is 0 Å². The van der Waals surface area contributed by atoms with Crippen molar-refractivity contribution >= 4 is 11.8 Å². The average molecular weight is 323 g/mol. The maximum atomic E-state index is 12.3. The van der Waals surface area contributed by atoms with Crippen LogP contribution >= 0.6 is 0 Å². The topological polar surface area (TPSA) is 54.3 Å². The lowest BCUT2D eigenvalue weighted by molar-refractivity contribution is -0.128. The average Bonchev–Trinajstić information content (AvgIpc) is 3.15. The first-order valence-corrected chi connectivity index (χ1v) is 8.52. The van der Waals surface area contributed by atoms with Gasteiger partial charge in [-0.25, -0.2) is 0 Å². The quantitative estimate of drug-likeness (QED) is 0.917. The van der Waals surface area contributed by atoms with E-state index in [0.29, 0.717) is 24.6 Å². The number of amides is 2. The predicted octanol–water partition coefficient (Wildman–Crippen LogP) is 2.22. The molecule has 2 fully saturated rings. The van der Waals surface area contributed by atoms with Gasteiger partial charge in [-0.2, -0.15) is 0 Å². The highest BCUT2D eigenvalue weighted by Gasteiger charge is 2.39. The molecule has 2 amide bonds. The van der Waals surface area contributed by atoms with Gasteiger partial charge in [-0.15, -0.1) is 0 Å². The first kappa shape index (κ1) is 15.0. The Kier molecular flexibility index (Phi) is 3.84. The minimum absolute atomic E-state index is 0.0774. The standard InChI is InChI=1S/C19H21N3O2/c23-18-11-14(13-22(18)17-7-8-17)12-20-19(24)15-3-5-16(6-4-15)21-9-1-2-10-21/h1-6,9-10,14,17H,7-8,11-13H2,(H,20,24). The molecule has 1 aromatic heterocycles. The molecule has 0 radical (unpaired) electrons. The van der Waals surface area contributed by atoms with E-state index in [-0.39, 0.29) is 17.7 Å². The van der Waals surface area contributed by atoms with E-state index in [1.807, 2.05) is 58.3 Å². The predicted molar refractivity (Wildman–Crippen MR) is 90.9 cm³/mol. The molecule has 2 aromatic rings. The summed E-state index contributed by atoms with van der Waals surface area (Å²) < 4.78 is 2.00. The molecule has 2 aliphatic rings. The summed E-state index contributed by atoms with van der Waals surface area (Å²) >= 11 is 0. The molecule has 1 atom stereocenters. The Labute approximate surface area is 141 Å². The van der Waals surface area contributed by atoms with E-state index in [9.17, 15) is 9.59 Å². The highest BCUT2D eigenvalue weighted by molar-refractivity contribution is 5.94. The highest BCUT2D eigenvalue weighted by Crippen LogP contribution is 2.32. The molecule has 4 rings (SSSR count). The van der Waals surface area contributed by atoms with Crippen LogP contribution in [-0.2, 0) is 4.79 Å². The number of benzene rings is 1. The second-order valence-electron chi connectivity index (χ2n) is 6.69. The molecule has 2 heterocycles. The van der Waals surface area contributed by atoms with Crippen LogP contribution in [0.25, 0.3) is 5.69 Å². The van der Waals surface area contributed by atoms with Gasteiger partial charge in [0.15, 0.2) is 0 Å². The van der Waals surface area contributed by atoms with Crippen LogP contribution in [0.1, 0.15) is 29.6 Å². The molecule has 0 spiro atoms. The molecular weight excluding hydrogens is 302 g/mol. The molecule has 1 saturated carbocycles. The Bertz CT molecular complexity index is 732. The molecule has 1 saturated heterocycles. The Morgan fingerprint density at radius 3 is 2.50 bits per heavy atom. The number of nitrogens with zero attached hydrogens (tertiary/aromatic N) is 2. The zero-order valence-electron chi connectivity index (χ0n) is 13.5. The SMILES string of the molecule is O=C(NCC1CC(=O)N(C2CC2)C1)c1ccc(-n2cccc2)cc1. The van der Waals surface area contributed by atoms with Crippen molar-refractivity contribution in [3.8, 4) is 5.69 Å². The van der Waals surface area contributed by atoms with Gasteiger partial charge in [0.05, 0.1) is 0 Å². The van der Waals surface area contributed by atoms with E-state index in [4.69, 9.17) is 0 Å². The second-order valence-corrected chi connectivity index (χ2v) is 6.69. The van der Waals surface area contributed by atoms with Crippen LogP contribution in [0.5, 0.6) is 0 Å². The third-order valence-corrected chi connectivity index (χ3v) is 4.81. The van der Waals surface area contributed by atoms with Crippen LogP contribution in [0.15, 0.2) is 48.8 Å². The van der Waals surface area contributed by atoms with Crippen LogP contribution in [-0.4, -0.2) is 40.4 Å². The van der Waals surface area contributed by atoms with Crippen molar-refractivity contribution in [1.29, 1.82) is 0 Å². The summed E-state index contributed by atoms with van der Waals surface area (Å²) in [6.45, 7) is 1.35. The highest BCUT2D eigenvalue weighted by atomic mass is 16.2. The maximum Gasteiger partial charge on any atom is 0.251 e. The van der Waals surface area contributed by atoms with E-state index in [0.717, 1.165) is 25.1 Å². The molecule has 1 aromatic carbocycles. The minimum Gasteiger partial charge on any atom is -0.352 e. The van der Waals surface area contributed by atoms with E-state index in [1.165, 1.54) is 0 Å². The minimum atomic E-state index is -0.0774. The van der Waals surface area contributed by atoms with Crippen LogP contribution < -0.4 is 5.32 Å². The molecule has 1 aliphatic carbocycles. The molecular formula is C19H21N3O2. The Balaban J connectivity index is 1.32. The summed E-state index contributed by atoms with van der Waals surface area (Å²) in [5.41, 5.74) is 1.67. The van der Waals surface area contributed by atoms with Gasteiger partial charge in [0.2, 0.25) is 5.91 Å². The van der Waals surface area contributed by atoms with Gasteiger partial charge in [0.25, 0.3) is 5.91 Å². The molecule has 1 N–H and O–H groups in total. The first-order valence-electron chi connectivity index (χ1n) is 8.52. The number of carbonyl (C=O) groups excluding carboxylic acids is 2. The van der Waals surface area contributed by atoms with E-state index in [2.05, 4.69) is 5.32 Å². The van der Waals surface area contributed by atoms with Gasteiger partial charge in [-0.3, -0.25) is 9.59 Å². The van der Waals surface area contributed by atoms with Crippen LogP contribution in [0.2, 0.25) is 0 Å². The Morgan fingerprint density at radius 1 is 1.12 bits per heavy atom. The molecule has 24 heavy (non-hydrogen) atoms. The lowest BCUT2D eigenvalue weighted by Gasteiger charge is -2.15. The maximum absolute atomic E-state index is 12.3. The Hall–Kier alpha value is -2.56. The summed E-state index contributed by atoms with van der Waals surface area (Å²) in [5, 5.41) is 2.97. The first-order chi connectivity index (χ1) is 11.7. The van der Waals surface area contributed by atoms with Crippen molar-refractivity contribution in [2.24, 2.45) is 5.92 Å². The van der Waals surface area contributed by atoms with Crippen molar-refractivity contribution < 1.29 is 9.59 Å².